The molecule has 0 aromatic heterocycles. The summed E-state index contributed by atoms with van der Waals surface area (Å²) in [6, 6.07) is 7.80. The van der Waals surface area contributed by atoms with Gasteiger partial charge in [-0.2, -0.15) is 0 Å². The van der Waals surface area contributed by atoms with Crippen LogP contribution in [0.5, 0.6) is 0 Å². The largest absolute Gasteiger partial charge is 0.465 e. The minimum atomic E-state index is -0.963. The lowest BCUT2D eigenvalue weighted by atomic mass is 9.78. The van der Waals surface area contributed by atoms with Gasteiger partial charge in [0.15, 0.2) is 0 Å². The number of hydrogen-bond acceptors (Lipinski definition) is 6. The molecule has 4 aliphatic rings. The fourth-order valence-corrected chi connectivity index (χ4v) is 9.65. The number of benzene rings is 1. The third-order valence-electron chi connectivity index (χ3n) is 8.93. The summed E-state index contributed by atoms with van der Waals surface area (Å²) in [5, 5.41) is 10.5. The fourth-order valence-electron chi connectivity index (χ4n) is 7.66. The van der Waals surface area contributed by atoms with E-state index in [0.29, 0.717) is 13.2 Å². The molecule has 0 aliphatic carbocycles. The van der Waals surface area contributed by atoms with Crippen LogP contribution in [-0.4, -0.2) is 74.0 Å². The number of hydrogen-bond donors (Lipinski definition) is 1. The highest BCUT2D eigenvalue weighted by molar-refractivity contribution is 8.02. The van der Waals surface area contributed by atoms with Gasteiger partial charge in [0.05, 0.1) is 35.8 Å². The van der Waals surface area contributed by atoms with Crippen LogP contribution in [0.15, 0.2) is 54.6 Å². The second kappa shape index (κ2) is 11.3. The average molecular weight is 581 g/mol. The number of cyclic esters (lactones) is 1. The molecule has 2 fully saturated rings. The molecule has 5 rings (SSSR count). The van der Waals surface area contributed by atoms with Crippen LogP contribution in [0.25, 0.3) is 0 Å². The molecule has 2 saturated heterocycles. The zero-order valence-corrected chi connectivity index (χ0v) is 25.7. The minimum Gasteiger partial charge on any atom is -0.465 e. The van der Waals surface area contributed by atoms with Crippen LogP contribution in [0, 0.1) is 17.3 Å². The van der Waals surface area contributed by atoms with Gasteiger partial charge < -0.3 is 19.6 Å². The number of carbonyl (C=O) groups excluding carboxylic acids is 3. The second-order valence-corrected chi connectivity index (χ2v) is 15.2. The molecule has 2 amide bonds. The molecule has 0 bridgehead atoms. The summed E-state index contributed by atoms with van der Waals surface area (Å²) in [6.07, 6.45) is 11.6. The summed E-state index contributed by atoms with van der Waals surface area (Å²) < 4.78 is 4.77. The van der Waals surface area contributed by atoms with E-state index in [0.717, 1.165) is 31.2 Å². The highest BCUT2D eigenvalue weighted by atomic mass is 32.2. The zero-order chi connectivity index (χ0) is 29.6. The van der Waals surface area contributed by atoms with Gasteiger partial charge in [0.25, 0.3) is 0 Å². The summed E-state index contributed by atoms with van der Waals surface area (Å²) in [6.45, 7) is 11.1. The number of allylic oxidation sites excluding steroid dienone is 1. The molecule has 1 N–H and O–H groups in total. The van der Waals surface area contributed by atoms with Gasteiger partial charge in [-0.3, -0.25) is 14.4 Å². The Morgan fingerprint density at radius 3 is 2.46 bits per heavy atom. The number of aliphatic hydroxyl groups excluding tert-OH is 1. The lowest BCUT2D eigenvalue weighted by molar-refractivity contribution is -0.154. The molecule has 7 nitrogen and oxygen atoms in total. The van der Waals surface area contributed by atoms with Crippen molar-refractivity contribution in [2.45, 2.75) is 87.9 Å². The smallest absolute Gasteiger partial charge is 0.311 e. The highest BCUT2D eigenvalue weighted by Gasteiger charge is 2.72. The molecule has 0 saturated carbocycles. The summed E-state index contributed by atoms with van der Waals surface area (Å²) in [5.41, 5.74) is 0.246. The third-order valence-corrected chi connectivity index (χ3v) is 10.7. The predicted molar refractivity (Wildman–Crippen MR) is 161 cm³/mol. The first kappa shape index (κ1) is 29.9. The average Bonchev–Trinajstić information content (AvgIpc) is 3.28. The van der Waals surface area contributed by atoms with Crippen LogP contribution in [0.4, 0.5) is 0 Å². The normalized spacial score (nSPS) is 32.1. The number of aliphatic hydroxyl groups is 1. The molecule has 1 spiro atoms. The van der Waals surface area contributed by atoms with E-state index < -0.39 is 34.2 Å². The van der Waals surface area contributed by atoms with Gasteiger partial charge in [0.1, 0.15) is 6.04 Å². The van der Waals surface area contributed by atoms with Crippen molar-refractivity contribution < 1.29 is 24.2 Å². The summed E-state index contributed by atoms with van der Waals surface area (Å²) in [4.78, 5) is 46.7. The number of ether oxygens (including phenoxy) is 1. The van der Waals surface area contributed by atoms with Crippen molar-refractivity contribution in [1.29, 1.82) is 0 Å². The predicted octanol–water partition coefficient (Wildman–Crippen LogP) is 4.91. The topological polar surface area (TPSA) is 87.2 Å². The monoisotopic (exact) mass is 580 g/mol. The lowest BCUT2D eigenvalue weighted by Crippen LogP contribution is -2.59. The molecule has 1 aromatic rings. The molecular formula is C33H44N2O5S. The number of rotatable bonds is 5. The number of fused-ring (bicyclic) bond motifs is 2. The van der Waals surface area contributed by atoms with E-state index >= 15 is 0 Å². The van der Waals surface area contributed by atoms with Gasteiger partial charge >= 0.3 is 5.97 Å². The van der Waals surface area contributed by atoms with Crippen molar-refractivity contribution in [1.82, 2.24) is 9.80 Å². The van der Waals surface area contributed by atoms with E-state index in [1.165, 1.54) is 0 Å². The molecule has 0 radical (unpaired) electrons. The minimum absolute atomic E-state index is 0.0258. The van der Waals surface area contributed by atoms with Crippen LogP contribution < -0.4 is 0 Å². The second-order valence-electron chi connectivity index (χ2n) is 13.7. The first-order valence-corrected chi connectivity index (χ1v) is 15.8. The van der Waals surface area contributed by atoms with Crippen molar-refractivity contribution in [3.63, 3.8) is 0 Å². The zero-order valence-electron chi connectivity index (χ0n) is 24.9. The first-order chi connectivity index (χ1) is 19.4. The van der Waals surface area contributed by atoms with Crippen molar-refractivity contribution in [2.75, 3.05) is 19.8 Å². The van der Waals surface area contributed by atoms with Crippen molar-refractivity contribution in [2.24, 2.45) is 17.3 Å². The van der Waals surface area contributed by atoms with Gasteiger partial charge in [0, 0.05) is 17.3 Å². The molecule has 8 heteroatoms. The van der Waals surface area contributed by atoms with E-state index in [2.05, 4.69) is 46.8 Å². The number of carbonyl (C=O) groups is 3. The van der Waals surface area contributed by atoms with E-state index in [-0.39, 0.29) is 35.1 Å². The quantitative estimate of drug-likeness (QED) is 0.393. The van der Waals surface area contributed by atoms with Crippen molar-refractivity contribution in [3.8, 4) is 0 Å². The number of likely N-dealkylation sites (tertiary alicyclic amines) is 1. The van der Waals surface area contributed by atoms with Gasteiger partial charge in [-0.15, -0.1) is 11.8 Å². The molecule has 1 unspecified atom stereocenters. The highest BCUT2D eigenvalue weighted by Crippen LogP contribution is 2.62. The number of thioether (sulfide) groups is 1. The Morgan fingerprint density at radius 1 is 1.05 bits per heavy atom. The van der Waals surface area contributed by atoms with Crippen LogP contribution in [-0.2, 0) is 19.1 Å². The van der Waals surface area contributed by atoms with Gasteiger partial charge in [-0.25, -0.2) is 0 Å². The van der Waals surface area contributed by atoms with Crippen LogP contribution in [0.2, 0.25) is 0 Å². The van der Waals surface area contributed by atoms with E-state index in [1.807, 2.05) is 47.4 Å². The number of nitrogens with zero attached hydrogens (tertiary/aromatic N) is 2. The maximum Gasteiger partial charge on any atom is 0.311 e. The maximum atomic E-state index is 14.9. The Kier molecular flexibility index (Phi) is 8.20. The fraction of sp³-hybridized carbons (Fsp3) is 0.606. The van der Waals surface area contributed by atoms with Crippen molar-refractivity contribution in [3.05, 3.63) is 60.2 Å². The lowest BCUT2D eigenvalue weighted by Gasteiger charge is -2.45. The summed E-state index contributed by atoms with van der Waals surface area (Å²) in [7, 11) is 0. The molecule has 4 heterocycles. The molecule has 6 atom stereocenters. The summed E-state index contributed by atoms with van der Waals surface area (Å²) in [5.74, 6) is -2.27. The Hall–Kier alpha value is -2.58. The Labute approximate surface area is 248 Å². The molecule has 41 heavy (non-hydrogen) atoms. The van der Waals surface area contributed by atoms with Crippen molar-refractivity contribution >= 4 is 29.5 Å². The Bertz CT molecular complexity index is 1220. The summed E-state index contributed by atoms with van der Waals surface area (Å²) >= 11 is 1.55. The van der Waals surface area contributed by atoms with E-state index in [9.17, 15) is 19.5 Å². The van der Waals surface area contributed by atoms with Gasteiger partial charge in [-0.05, 0) is 50.5 Å². The Balaban J connectivity index is 1.66. The van der Waals surface area contributed by atoms with Gasteiger partial charge in [-0.1, -0.05) is 75.4 Å². The number of amides is 2. The molecule has 222 valence electrons. The Morgan fingerprint density at radius 2 is 1.78 bits per heavy atom. The molecular weight excluding hydrogens is 536 g/mol. The SMILES string of the molecule is CC(C)(C)CC(C)(C)N1CC=C[C@]23S[C@H]4/C=C\CCCCOC(=O)[C@H]4[C@H]2C(=O)N([C@H](CO)c2ccccc2)C3C1=O. The third kappa shape index (κ3) is 5.38. The van der Waals surface area contributed by atoms with E-state index in [1.54, 1.807) is 16.7 Å². The molecule has 1 aromatic carbocycles. The standard InChI is InChI=1S/C33H44N2O5S/c1-31(2,3)21-32(4,5)34-18-13-17-33-26(25-24(41-33)16-11-6-7-12-19-40-30(25)39)28(37)35(27(33)29(34)38)23(20-36)22-14-9-8-10-15-22/h8-11,13-17,23-27,36H,6-7,12,18-21H2,1-5H3/b16-11-/t23-,24+,25-,26+,27?,33+/m1/s1. The maximum absolute atomic E-state index is 14.9. The molecule has 4 aliphatic heterocycles. The van der Waals surface area contributed by atoms with Crippen LogP contribution in [0.1, 0.15) is 71.9 Å². The first-order valence-electron chi connectivity index (χ1n) is 14.9. The van der Waals surface area contributed by atoms with Crippen LogP contribution >= 0.6 is 11.8 Å². The van der Waals surface area contributed by atoms with Crippen LogP contribution in [0.3, 0.4) is 0 Å². The van der Waals surface area contributed by atoms with E-state index in [4.69, 9.17) is 4.74 Å². The van der Waals surface area contributed by atoms with Gasteiger partial charge in [0.2, 0.25) is 11.8 Å². The number of esters is 1.